The van der Waals surface area contributed by atoms with Crippen molar-refractivity contribution in [2.75, 3.05) is 38.8 Å². The molecule has 1 N–H and O–H groups in total. The van der Waals surface area contributed by atoms with Gasteiger partial charge in [-0.2, -0.15) is 22.0 Å². The van der Waals surface area contributed by atoms with Gasteiger partial charge in [0.25, 0.3) is 0 Å². The van der Waals surface area contributed by atoms with E-state index in [2.05, 4.69) is 0 Å². The van der Waals surface area contributed by atoms with Gasteiger partial charge in [0.2, 0.25) is 0 Å². The van der Waals surface area contributed by atoms with Gasteiger partial charge in [-0.05, 0) is 36.6 Å². The highest BCUT2D eigenvalue weighted by Gasteiger charge is 2.56. The van der Waals surface area contributed by atoms with Crippen molar-refractivity contribution in [1.29, 1.82) is 0 Å². The summed E-state index contributed by atoms with van der Waals surface area (Å²) >= 11 is 0. The SMILES string of the molecule is COc1cc(CC(=O)O)ccc1CN1CCCN(c2ccc(OC)c(OCCCC(F)(F)C(F)(F)F)c2)C1=O. The van der Waals surface area contributed by atoms with Crippen LogP contribution in [0.5, 0.6) is 17.2 Å². The van der Waals surface area contributed by atoms with Gasteiger partial charge in [0.05, 0.1) is 33.8 Å². The van der Waals surface area contributed by atoms with Crippen molar-refractivity contribution in [3.05, 3.63) is 47.5 Å². The summed E-state index contributed by atoms with van der Waals surface area (Å²) in [5.41, 5.74) is 1.68. The first kappa shape index (κ1) is 29.8. The number of carboxylic acids is 1. The number of carboxylic acid groups (broad SMARTS) is 1. The Balaban J connectivity index is 1.71. The summed E-state index contributed by atoms with van der Waals surface area (Å²) < 4.78 is 79.6. The molecule has 0 saturated carbocycles. The van der Waals surface area contributed by atoms with Crippen LogP contribution in [-0.4, -0.2) is 68.0 Å². The third-order valence-corrected chi connectivity index (χ3v) is 6.15. The molecule has 2 aromatic carbocycles. The van der Waals surface area contributed by atoms with Crippen molar-refractivity contribution in [3.8, 4) is 17.2 Å². The van der Waals surface area contributed by atoms with Gasteiger partial charge < -0.3 is 24.2 Å². The average molecular weight is 561 g/mol. The number of methoxy groups -OCH3 is 2. The van der Waals surface area contributed by atoms with E-state index in [4.69, 9.17) is 19.3 Å². The minimum Gasteiger partial charge on any atom is -0.496 e. The molecule has 1 fully saturated rings. The Morgan fingerprint density at radius 1 is 0.974 bits per heavy atom. The number of halogens is 5. The van der Waals surface area contributed by atoms with Crippen LogP contribution in [-0.2, 0) is 17.8 Å². The number of benzene rings is 2. The first-order valence-corrected chi connectivity index (χ1v) is 12.1. The summed E-state index contributed by atoms with van der Waals surface area (Å²) in [6, 6.07) is 9.29. The van der Waals surface area contributed by atoms with Gasteiger partial charge in [-0.15, -0.1) is 0 Å². The minimum absolute atomic E-state index is 0.103. The van der Waals surface area contributed by atoms with Gasteiger partial charge in [0.15, 0.2) is 11.5 Å². The molecular weight excluding hydrogens is 531 g/mol. The number of anilines is 1. The lowest BCUT2D eigenvalue weighted by Gasteiger charge is -2.36. The van der Waals surface area contributed by atoms with E-state index >= 15 is 0 Å². The van der Waals surface area contributed by atoms with Crippen molar-refractivity contribution in [2.45, 2.75) is 44.3 Å². The Hall–Kier alpha value is -3.77. The monoisotopic (exact) mass is 560 g/mol. The topological polar surface area (TPSA) is 88.5 Å². The number of amides is 2. The number of hydrogen-bond donors (Lipinski definition) is 1. The number of aliphatic carboxylic acids is 1. The van der Waals surface area contributed by atoms with Crippen LogP contribution >= 0.6 is 0 Å². The maximum absolute atomic E-state index is 13.3. The molecule has 0 unspecified atom stereocenters. The third-order valence-electron chi connectivity index (χ3n) is 6.15. The highest BCUT2D eigenvalue weighted by atomic mass is 19.4. The predicted octanol–water partition coefficient (Wildman–Crippen LogP) is 5.52. The van der Waals surface area contributed by atoms with E-state index in [-0.39, 0.29) is 30.5 Å². The summed E-state index contributed by atoms with van der Waals surface area (Å²) in [5.74, 6) is -5.01. The first-order chi connectivity index (χ1) is 18.4. The number of alkyl halides is 5. The fourth-order valence-corrected chi connectivity index (χ4v) is 4.14. The molecule has 1 saturated heterocycles. The van der Waals surface area contributed by atoms with Crippen molar-refractivity contribution < 1.29 is 50.9 Å². The lowest BCUT2D eigenvalue weighted by atomic mass is 10.1. The molecule has 0 aromatic heterocycles. The molecule has 2 aromatic rings. The molecular formula is C26H29F5N2O6. The van der Waals surface area contributed by atoms with Crippen molar-refractivity contribution in [1.82, 2.24) is 4.90 Å². The molecule has 2 amide bonds. The third kappa shape index (κ3) is 7.42. The van der Waals surface area contributed by atoms with Crippen LogP contribution in [0.4, 0.5) is 32.4 Å². The van der Waals surface area contributed by atoms with E-state index in [9.17, 15) is 31.5 Å². The summed E-state index contributed by atoms with van der Waals surface area (Å²) in [7, 11) is 2.80. The van der Waals surface area contributed by atoms with Gasteiger partial charge in [-0.3, -0.25) is 9.69 Å². The number of carbonyl (C=O) groups excluding carboxylic acids is 1. The molecule has 1 heterocycles. The zero-order valence-corrected chi connectivity index (χ0v) is 21.4. The van der Waals surface area contributed by atoms with E-state index in [1.807, 2.05) is 0 Å². The molecule has 13 heteroatoms. The van der Waals surface area contributed by atoms with Crippen LogP contribution in [0.2, 0.25) is 0 Å². The summed E-state index contributed by atoms with van der Waals surface area (Å²) in [6.07, 6.45) is -7.14. The Kier molecular flexibility index (Phi) is 9.46. The second-order valence-corrected chi connectivity index (χ2v) is 8.92. The normalized spacial score (nSPS) is 14.4. The largest absolute Gasteiger partial charge is 0.496 e. The number of carbonyl (C=O) groups is 2. The van der Waals surface area contributed by atoms with E-state index in [0.717, 1.165) is 0 Å². The summed E-state index contributed by atoms with van der Waals surface area (Å²) in [6.45, 7) is 0.637. The molecule has 0 aliphatic carbocycles. The van der Waals surface area contributed by atoms with Crippen LogP contribution in [0.25, 0.3) is 0 Å². The highest BCUT2D eigenvalue weighted by molar-refractivity contribution is 5.93. The lowest BCUT2D eigenvalue weighted by molar-refractivity contribution is -0.284. The molecule has 39 heavy (non-hydrogen) atoms. The van der Waals surface area contributed by atoms with Crippen LogP contribution in [0.1, 0.15) is 30.4 Å². The fraction of sp³-hybridized carbons (Fsp3) is 0.462. The van der Waals surface area contributed by atoms with E-state index < -0.39 is 37.5 Å². The van der Waals surface area contributed by atoms with Crippen molar-refractivity contribution in [3.63, 3.8) is 0 Å². The molecule has 214 valence electrons. The highest BCUT2D eigenvalue weighted by Crippen LogP contribution is 2.39. The molecule has 1 aliphatic rings. The van der Waals surface area contributed by atoms with Crippen LogP contribution in [0, 0.1) is 0 Å². The van der Waals surface area contributed by atoms with Crippen molar-refractivity contribution >= 4 is 17.7 Å². The first-order valence-electron chi connectivity index (χ1n) is 12.1. The fourth-order valence-electron chi connectivity index (χ4n) is 4.14. The Morgan fingerprint density at radius 3 is 2.33 bits per heavy atom. The number of hydrogen-bond acceptors (Lipinski definition) is 5. The quantitative estimate of drug-likeness (QED) is 0.272. The van der Waals surface area contributed by atoms with Crippen LogP contribution in [0.15, 0.2) is 36.4 Å². The van der Waals surface area contributed by atoms with Gasteiger partial charge in [-0.25, -0.2) is 4.79 Å². The molecule has 0 bridgehead atoms. The Labute approximate surface area is 221 Å². The number of urea groups is 1. The lowest BCUT2D eigenvalue weighted by Crippen LogP contribution is -2.49. The minimum atomic E-state index is -5.63. The molecule has 1 aliphatic heterocycles. The van der Waals surface area contributed by atoms with Crippen LogP contribution in [0.3, 0.4) is 0 Å². The predicted molar refractivity (Wildman–Crippen MR) is 131 cm³/mol. The van der Waals surface area contributed by atoms with Crippen molar-refractivity contribution in [2.24, 2.45) is 0 Å². The molecule has 0 atom stereocenters. The zero-order valence-electron chi connectivity index (χ0n) is 21.4. The zero-order chi connectivity index (χ0) is 28.8. The maximum atomic E-state index is 13.3. The smallest absolute Gasteiger partial charge is 0.453 e. The molecule has 3 rings (SSSR count). The molecule has 0 radical (unpaired) electrons. The summed E-state index contributed by atoms with van der Waals surface area (Å²) in [4.78, 5) is 27.5. The standard InChI is InChI=1S/C26H29F5N2O6/c1-37-20-8-7-19(15-22(20)39-12-3-9-25(27,28)26(29,30)31)33-11-4-10-32(24(33)36)16-18-6-5-17(14-23(34)35)13-21(18)38-2/h5-8,13,15H,3-4,9-12,14,16H2,1-2H3,(H,34,35). The van der Waals surface area contributed by atoms with E-state index in [1.165, 1.54) is 31.3 Å². The van der Waals surface area contributed by atoms with Crippen LogP contribution < -0.4 is 19.1 Å². The maximum Gasteiger partial charge on any atom is 0.453 e. The van der Waals surface area contributed by atoms with Gasteiger partial charge in [-0.1, -0.05) is 12.1 Å². The van der Waals surface area contributed by atoms with Gasteiger partial charge in [0.1, 0.15) is 5.75 Å². The number of rotatable bonds is 12. The molecule has 0 spiro atoms. The van der Waals surface area contributed by atoms with E-state index in [0.29, 0.717) is 42.1 Å². The summed E-state index contributed by atoms with van der Waals surface area (Å²) in [5, 5.41) is 9.02. The molecule has 8 nitrogen and oxygen atoms in total. The number of nitrogens with zero attached hydrogens (tertiary/aromatic N) is 2. The average Bonchev–Trinajstić information content (AvgIpc) is 2.87. The second kappa shape index (κ2) is 12.4. The Morgan fingerprint density at radius 2 is 1.69 bits per heavy atom. The van der Waals surface area contributed by atoms with Gasteiger partial charge >= 0.3 is 24.1 Å². The number of ether oxygens (including phenoxy) is 3. The van der Waals surface area contributed by atoms with E-state index in [1.54, 1.807) is 29.2 Å². The second-order valence-electron chi connectivity index (χ2n) is 8.92. The van der Waals surface area contributed by atoms with Gasteiger partial charge in [0, 0.05) is 36.8 Å². The Bertz CT molecular complexity index is 1170.